The number of hydrogen-bond acceptors (Lipinski definition) is 6. The van der Waals surface area contributed by atoms with E-state index in [2.05, 4.69) is 21.4 Å². The Morgan fingerprint density at radius 3 is 2.63 bits per heavy atom. The fraction of sp³-hybridized carbons (Fsp3) is 0.286. The Morgan fingerprint density at radius 2 is 1.93 bits per heavy atom. The molecule has 0 unspecified atom stereocenters. The molecule has 1 N–H and O–H groups in total. The number of methoxy groups -OCH3 is 1. The van der Waals surface area contributed by atoms with Crippen molar-refractivity contribution in [1.82, 2.24) is 9.97 Å². The zero-order valence-corrected chi connectivity index (χ0v) is 16.4. The maximum absolute atomic E-state index is 12.9. The Bertz CT molecular complexity index is 1090. The van der Waals surface area contributed by atoms with Gasteiger partial charge in [-0.05, 0) is 36.8 Å². The number of nitrogens with zero attached hydrogens (tertiary/aromatic N) is 3. The molecule has 30 heavy (non-hydrogen) atoms. The van der Waals surface area contributed by atoms with E-state index in [9.17, 15) is 18.4 Å². The minimum absolute atomic E-state index is 0.134. The number of alkyl halides is 3. The molecule has 0 aliphatic heterocycles. The van der Waals surface area contributed by atoms with Crippen LogP contribution < -0.4 is 10.1 Å². The molecule has 1 heterocycles. The molecule has 0 saturated heterocycles. The highest BCUT2D eigenvalue weighted by Gasteiger charge is 2.30. The van der Waals surface area contributed by atoms with Crippen molar-refractivity contribution < 1.29 is 22.6 Å². The molecule has 2 aromatic carbocycles. The van der Waals surface area contributed by atoms with E-state index in [1.807, 2.05) is 0 Å². The molecule has 0 aliphatic carbocycles. The number of aryl methyl sites for hydroxylation is 1. The topological polar surface area (TPSA) is 80.1 Å². The van der Waals surface area contributed by atoms with Crippen LogP contribution in [0.25, 0.3) is 10.9 Å². The molecule has 6 nitrogen and oxygen atoms in total. The van der Waals surface area contributed by atoms with Crippen LogP contribution in [-0.2, 0) is 17.5 Å². The number of benzene rings is 2. The van der Waals surface area contributed by atoms with Crippen molar-refractivity contribution in [1.29, 1.82) is 5.26 Å². The smallest absolute Gasteiger partial charge is 0.416 e. The van der Waals surface area contributed by atoms with Gasteiger partial charge in [0.15, 0.2) is 0 Å². The molecule has 9 heteroatoms. The van der Waals surface area contributed by atoms with Gasteiger partial charge >= 0.3 is 6.18 Å². The normalized spacial score (nSPS) is 11.3. The first-order valence-corrected chi connectivity index (χ1v) is 9.06. The molecule has 0 spiro atoms. The summed E-state index contributed by atoms with van der Waals surface area (Å²) in [6, 6.07) is 10.4. The SMILES string of the molecule is COCCOc1cc2c(NCc3cccc(C(F)(F)F)c3)nc(C)nc2cc1C#N. The Balaban J connectivity index is 1.93. The quantitative estimate of drug-likeness (QED) is 0.573. The van der Waals surface area contributed by atoms with Crippen LogP contribution in [0.3, 0.4) is 0 Å². The summed E-state index contributed by atoms with van der Waals surface area (Å²) in [5, 5.41) is 13.1. The maximum atomic E-state index is 12.9. The Hall–Kier alpha value is -3.38. The van der Waals surface area contributed by atoms with Gasteiger partial charge in [-0.3, -0.25) is 0 Å². The predicted octanol–water partition coefficient (Wildman–Crippen LogP) is 4.47. The molecule has 0 radical (unpaired) electrons. The summed E-state index contributed by atoms with van der Waals surface area (Å²) in [5.74, 6) is 1.26. The van der Waals surface area contributed by atoms with Gasteiger partial charge in [0, 0.05) is 19.0 Å². The molecule has 156 valence electrons. The van der Waals surface area contributed by atoms with Gasteiger partial charge in [-0.25, -0.2) is 9.97 Å². The largest absolute Gasteiger partial charge is 0.490 e. The summed E-state index contributed by atoms with van der Waals surface area (Å²) < 4.78 is 49.4. The third-order valence-corrected chi connectivity index (χ3v) is 4.29. The van der Waals surface area contributed by atoms with E-state index in [-0.39, 0.29) is 13.2 Å². The fourth-order valence-electron chi connectivity index (χ4n) is 2.89. The number of aromatic nitrogens is 2. The summed E-state index contributed by atoms with van der Waals surface area (Å²) in [7, 11) is 1.54. The predicted molar refractivity (Wildman–Crippen MR) is 105 cm³/mol. The van der Waals surface area contributed by atoms with Gasteiger partial charge in [-0.1, -0.05) is 12.1 Å². The van der Waals surface area contributed by atoms with Crippen LogP contribution in [0.1, 0.15) is 22.5 Å². The molecule has 0 fully saturated rings. The van der Waals surface area contributed by atoms with Crippen LogP contribution in [0.5, 0.6) is 5.75 Å². The van der Waals surface area contributed by atoms with Crippen molar-refractivity contribution in [2.45, 2.75) is 19.6 Å². The maximum Gasteiger partial charge on any atom is 0.416 e. The molecular formula is C21H19F3N4O2. The number of ether oxygens (including phenoxy) is 2. The van der Waals surface area contributed by atoms with Crippen LogP contribution in [0, 0.1) is 18.3 Å². The van der Waals surface area contributed by atoms with E-state index in [0.29, 0.717) is 46.0 Å². The first-order chi connectivity index (χ1) is 14.3. The Morgan fingerprint density at radius 1 is 1.13 bits per heavy atom. The van der Waals surface area contributed by atoms with Gasteiger partial charge in [0.2, 0.25) is 0 Å². The summed E-state index contributed by atoms with van der Waals surface area (Å²) >= 11 is 0. The van der Waals surface area contributed by atoms with E-state index < -0.39 is 11.7 Å². The van der Waals surface area contributed by atoms with Crippen molar-refractivity contribution in [3.8, 4) is 11.8 Å². The highest BCUT2D eigenvalue weighted by atomic mass is 19.4. The number of fused-ring (bicyclic) bond motifs is 1. The van der Waals surface area contributed by atoms with Gasteiger partial charge in [0.05, 0.1) is 23.3 Å². The zero-order chi connectivity index (χ0) is 21.7. The lowest BCUT2D eigenvalue weighted by Gasteiger charge is -2.14. The lowest BCUT2D eigenvalue weighted by atomic mass is 10.1. The minimum Gasteiger partial charge on any atom is -0.490 e. The number of nitriles is 1. The fourth-order valence-corrected chi connectivity index (χ4v) is 2.89. The Labute approximate surface area is 171 Å². The number of hydrogen-bond donors (Lipinski definition) is 1. The highest BCUT2D eigenvalue weighted by Crippen LogP contribution is 2.31. The third-order valence-electron chi connectivity index (χ3n) is 4.29. The second-order valence-electron chi connectivity index (χ2n) is 6.49. The summed E-state index contributed by atoms with van der Waals surface area (Å²) in [6.07, 6.45) is -4.41. The van der Waals surface area contributed by atoms with Gasteiger partial charge < -0.3 is 14.8 Å². The first-order valence-electron chi connectivity index (χ1n) is 9.06. The zero-order valence-electron chi connectivity index (χ0n) is 16.4. The van der Waals surface area contributed by atoms with Crippen LogP contribution in [0.2, 0.25) is 0 Å². The van der Waals surface area contributed by atoms with Crippen LogP contribution in [-0.4, -0.2) is 30.3 Å². The summed E-state index contributed by atoms with van der Waals surface area (Å²) in [5.41, 5.74) is 0.600. The van der Waals surface area contributed by atoms with Gasteiger partial charge in [0.25, 0.3) is 0 Å². The number of rotatable bonds is 7. The number of anilines is 1. The van der Waals surface area contributed by atoms with Gasteiger partial charge in [0.1, 0.15) is 30.1 Å². The van der Waals surface area contributed by atoms with E-state index >= 15 is 0 Å². The number of halogens is 3. The lowest BCUT2D eigenvalue weighted by molar-refractivity contribution is -0.137. The average molecular weight is 416 g/mol. The number of nitrogens with one attached hydrogen (secondary N) is 1. The molecule has 0 aliphatic rings. The monoisotopic (exact) mass is 416 g/mol. The second kappa shape index (κ2) is 8.97. The summed E-state index contributed by atoms with van der Waals surface area (Å²) in [6.45, 7) is 2.45. The van der Waals surface area contributed by atoms with Crippen molar-refractivity contribution in [3.05, 3.63) is 58.9 Å². The highest BCUT2D eigenvalue weighted by molar-refractivity contribution is 5.91. The molecule has 0 bridgehead atoms. The van der Waals surface area contributed by atoms with Crippen molar-refractivity contribution in [2.75, 3.05) is 25.6 Å². The van der Waals surface area contributed by atoms with Crippen molar-refractivity contribution in [2.24, 2.45) is 0 Å². The van der Waals surface area contributed by atoms with Crippen LogP contribution in [0.15, 0.2) is 36.4 Å². The van der Waals surface area contributed by atoms with E-state index in [0.717, 1.165) is 12.1 Å². The minimum atomic E-state index is -4.41. The van der Waals surface area contributed by atoms with Gasteiger partial charge in [-0.15, -0.1) is 0 Å². The lowest BCUT2D eigenvalue weighted by Crippen LogP contribution is -2.08. The van der Waals surface area contributed by atoms with Crippen LogP contribution >= 0.6 is 0 Å². The third kappa shape index (κ3) is 4.96. The second-order valence-corrected chi connectivity index (χ2v) is 6.49. The first kappa shape index (κ1) is 21.3. The van der Waals surface area contributed by atoms with Gasteiger partial charge in [-0.2, -0.15) is 18.4 Å². The molecule has 0 saturated carbocycles. The van der Waals surface area contributed by atoms with Crippen molar-refractivity contribution >= 4 is 16.7 Å². The Kier molecular flexibility index (Phi) is 6.37. The average Bonchev–Trinajstić information content (AvgIpc) is 2.71. The van der Waals surface area contributed by atoms with E-state index in [1.54, 1.807) is 32.2 Å². The standard InChI is InChI=1S/C21H19F3N4O2/c1-13-27-18-9-15(11-25)19(30-7-6-29-2)10-17(18)20(28-13)26-12-14-4-3-5-16(8-14)21(22,23)24/h3-5,8-10H,6-7,12H2,1-2H3,(H,26,27,28). The molecule has 3 aromatic rings. The summed E-state index contributed by atoms with van der Waals surface area (Å²) in [4.78, 5) is 8.73. The molecule has 0 atom stereocenters. The van der Waals surface area contributed by atoms with Crippen LogP contribution in [0.4, 0.5) is 19.0 Å². The van der Waals surface area contributed by atoms with E-state index in [4.69, 9.17) is 9.47 Å². The van der Waals surface area contributed by atoms with Crippen molar-refractivity contribution in [3.63, 3.8) is 0 Å². The molecular weight excluding hydrogens is 397 g/mol. The molecule has 0 amide bonds. The molecule has 3 rings (SSSR count). The van der Waals surface area contributed by atoms with E-state index in [1.165, 1.54) is 6.07 Å². The molecule has 1 aromatic heterocycles.